The Kier molecular flexibility index (Phi) is 6.03. The average molecular weight is 402 g/mol. The van der Waals surface area contributed by atoms with Crippen molar-refractivity contribution in [1.29, 1.82) is 0 Å². The van der Waals surface area contributed by atoms with Gasteiger partial charge >= 0.3 is 0 Å². The minimum atomic E-state index is -0.0112. The van der Waals surface area contributed by atoms with Crippen molar-refractivity contribution in [2.75, 3.05) is 18.6 Å². The second kappa shape index (κ2) is 8.45. The van der Waals surface area contributed by atoms with E-state index in [1.165, 1.54) is 22.0 Å². The van der Waals surface area contributed by atoms with Crippen LogP contribution in [-0.4, -0.2) is 38.5 Å². The molecular weight excluding hydrogens is 382 g/mol. The third-order valence-electron chi connectivity index (χ3n) is 4.07. The maximum atomic E-state index is 12.4. The van der Waals surface area contributed by atoms with Gasteiger partial charge in [-0.2, -0.15) is 0 Å². The van der Waals surface area contributed by atoms with E-state index in [1.807, 2.05) is 49.4 Å². The molecule has 27 heavy (non-hydrogen) atoms. The average Bonchev–Trinajstić information content (AvgIpc) is 3.02. The monoisotopic (exact) mass is 401 g/mol. The number of rotatable bonds is 6. The zero-order valence-corrected chi connectivity index (χ0v) is 16.7. The molecule has 3 aromatic rings. The fourth-order valence-electron chi connectivity index (χ4n) is 2.49. The molecule has 1 aromatic heterocycles. The Morgan fingerprint density at radius 3 is 2.59 bits per heavy atom. The molecule has 0 radical (unpaired) electrons. The lowest BCUT2D eigenvalue weighted by atomic mass is 10.1. The molecular formula is C19H20ClN5OS. The fourth-order valence-corrected chi connectivity index (χ4v) is 3.51. The maximum Gasteiger partial charge on any atom is 0.233 e. The van der Waals surface area contributed by atoms with Gasteiger partial charge < -0.3 is 10.7 Å². The van der Waals surface area contributed by atoms with Crippen LogP contribution in [0.5, 0.6) is 0 Å². The number of hydrogen-bond donors (Lipinski definition) is 1. The van der Waals surface area contributed by atoms with Crippen molar-refractivity contribution in [3.8, 4) is 11.4 Å². The van der Waals surface area contributed by atoms with Gasteiger partial charge in [0.2, 0.25) is 11.1 Å². The number of carbonyl (C=O) groups excluding carboxylic acids is 1. The molecule has 0 bridgehead atoms. The fraction of sp³-hybridized carbons (Fsp3) is 0.211. The molecule has 0 saturated heterocycles. The first kappa shape index (κ1) is 19.3. The van der Waals surface area contributed by atoms with Crippen LogP contribution in [0.2, 0.25) is 5.02 Å². The van der Waals surface area contributed by atoms with Crippen LogP contribution in [0.3, 0.4) is 0 Å². The quantitative estimate of drug-likeness (QED) is 0.506. The molecule has 2 N–H and O–H groups in total. The Morgan fingerprint density at radius 1 is 1.19 bits per heavy atom. The third kappa shape index (κ3) is 4.61. The van der Waals surface area contributed by atoms with Gasteiger partial charge in [-0.05, 0) is 24.6 Å². The van der Waals surface area contributed by atoms with E-state index in [9.17, 15) is 4.79 Å². The van der Waals surface area contributed by atoms with Gasteiger partial charge in [0.05, 0.1) is 10.8 Å². The van der Waals surface area contributed by atoms with Crippen molar-refractivity contribution in [3.05, 3.63) is 64.7 Å². The van der Waals surface area contributed by atoms with E-state index < -0.39 is 0 Å². The molecule has 1 heterocycles. The molecule has 140 valence electrons. The van der Waals surface area contributed by atoms with Gasteiger partial charge in [0.25, 0.3) is 0 Å². The van der Waals surface area contributed by atoms with E-state index in [1.54, 1.807) is 18.0 Å². The van der Waals surface area contributed by atoms with E-state index in [0.29, 0.717) is 28.1 Å². The molecule has 0 saturated carbocycles. The first-order chi connectivity index (χ1) is 13.0. The first-order valence-corrected chi connectivity index (χ1v) is 9.69. The normalized spacial score (nSPS) is 10.8. The Hall–Kier alpha value is -2.51. The lowest BCUT2D eigenvalue weighted by Gasteiger charge is -2.17. The molecule has 3 rings (SSSR count). The molecule has 0 fully saturated rings. The number of benzene rings is 2. The first-order valence-electron chi connectivity index (χ1n) is 8.33. The Bertz CT molecular complexity index is 942. The van der Waals surface area contributed by atoms with Crippen LogP contribution in [0.15, 0.2) is 53.7 Å². The number of aryl methyl sites for hydroxylation is 1. The molecule has 8 heteroatoms. The number of halogens is 1. The van der Waals surface area contributed by atoms with Crippen LogP contribution < -0.4 is 5.84 Å². The summed E-state index contributed by atoms with van der Waals surface area (Å²) < 4.78 is 1.36. The molecule has 0 atom stereocenters. The van der Waals surface area contributed by atoms with E-state index in [2.05, 4.69) is 10.2 Å². The van der Waals surface area contributed by atoms with Gasteiger partial charge in [-0.3, -0.25) is 4.79 Å². The zero-order chi connectivity index (χ0) is 19.4. The lowest BCUT2D eigenvalue weighted by Crippen LogP contribution is -2.28. The number of nitrogen functional groups attached to an aromatic ring is 1. The lowest BCUT2D eigenvalue weighted by molar-refractivity contribution is -0.127. The highest BCUT2D eigenvalue weighted by Crippen LogP contribution is 2.27. The van der Waals surface area contributed by atoms with Crippen LogP contribution in [0.4, 0.5) is 0 Å². The van der Waals surface area contributed by atoms with Crippen molar-refractivity contribution >= 4 is 29.3 Å². The van der Waals surface area contributed by atoms with Crippen molar-refractivity contribution in [3.63, 3.8) is 0 Å². The molecule has 0 aliphatic rings. The SMILES string of the molecule is Cc1ccc(CN(C)C(=O)CSc2nnc(-c3ccccc3Cl)n2N)cc1. The van der Waals surface area contributed by atoms with E-state index in [-0.39, 0.29) is 11.7 Å². The largest absolute Gasteiger partial charge is 0.341 e. The van der Waals surface area contributed by atoms with E-state index in [0.717, 1.165) is 5.56 Å². The van der Waals surface area contributed by atoms with Crippen molar-refractivity contribution < 1.29 is 4.79 Å². The summed E-state index contributed by atoms with van der Waals surface area (Å²) in [5.74, 6) is 6.76. The number of amides is 1. The van der Waals surface area contributed by atoms with Gasteiger partial charge in [0, 0.05) is 19.2 Å². The van der Waals surface area contributed by atoms with Gasteiger partial charge in [-0.1, -0.05) is 65.3 Å². The van der Waals surface area contributed by atoms with Crippen molar-refractivity contribution in [2.45, 2.75) is 18.6 Å². The maximum absolute atomic E-state index is 12.4. The summed E-state index contributed by atoms with van der Waals surface area (Å²) in [6, 6.07) is 15.4. The highest BCUT2D eigenvalue weighted by Gasteiger charge is 2.17. The van der Waals surface area contributed by atoms with Crippen LogP contribution in [-0.2, 0) is 11.3 Å². The van der Waals surface area contributed by atoms with E-state index >= 15 is 0 Å². The van der Waals surface area contributed by atoms with Crippen molar-refractivity contribution in [1.82, 2.24) is 19.8 Å². The van der Waals surface area contributed by atoms with Gasteiger partial charge in [0.1, 0.15) is 0 Å². The number of thioether (sulfide) groups is 1. The Labute approximate surface area is 167 Å². The van der Waals surface area contributed by atoms with Gasteiger partial charge in [-0.15, -0.1) is 10.2 Å². The number of hydrogen-bond acceptors (Lipinski definition) is 5. The summed E-state index contributed by atoms with van der Waals surface area (Å²) in [5.41, 5.74) is 2.98. The predicted molar refractivity (Wildman–Crippen MR) is 109 cm³/mol. The second-order valence-electron chi connectivity index (χ2n) is 6.18. The van der Waals surface area contributed by atoms with Crippen molar-refractivity contribution in [2.24, 2.45) is 0 Å². The summed E-state index contributed by atoms with van der Waals surface area (Å²) >= 11 is 7.44. The zero-order valence-electron chi connectivity index (χ0n) is 15.1. The summed E-state index contributed by atoms with van der Waals surface area (Å²) in [5, 5.41) is 9.19. The van der Waals surface area contributed by atoms with Gasteiger partial charge in [-0.25, -0.2) is 4.68 Å². The number of nitrogens with zero attached hydrogens (tertiary/aromatic N) is 4. The summed E-state index contributed by atoms with van der Waals surface area (Å²) in [4.78, 5) is 14.1. The van der Waals surface area contributed by atoms with Crippen LogP contribution in [0, 0.1) is 6.92 Å². The molecule has 0 aliphatic heterocycles. The second-order valence-corrected chi connectivity index (χ2v) is 7.53. The standard InChI is InChI=1S/C19H20ClN5OS/c1-13-7-9-14(10-8-13)11-24(2)17(26)12-27-19-23-22-18(25(19)21)15-5-3-4-6-16(15)20/h3-10H,11-12,21H2,1-2H3. The number of aromatic nitrogens is 3. The number of nitrogens with two attached hydrogens (primary N) is 1. The smallest absolute Gasteiger partial charge is 0.233 e. The number of carbonyl (C=O) groups is 1. The molecule has 0 aliphatic carbocycles. The van der Waals surface area contributed by atoms with Crippen LogP contribution in [0.25, 0.3) is 11.4 Å². The van der Waals surface area contributed by atoms with Crippen LogP contribution >= 0.6 is 23.4 Å². The third-order valence-corrected chi connectivity index (χ3v) is 5.33. The minimum Gasteiger partial charge on any atom is -0.341 e. The summed E-state index contributed by atoms with van der Waals surface area (Å²) in [6.45, 7) is 2.59. The summed E-state index contributed by atoms with van der Waals surface area (Å²) in [6.07, 6.45) is 0. The molecule has 0 unspecified atom stereocenters. The molecule has 0 spiro atoms. The predicted octanol–water partition coefficient (Wildman–Crippen LogP) is 3.37. The van der Waals surface area contributed by atoms with Crippen LogP contribution in [0.1, 0.15) is 11.1 Å². The minimum absolute atomic E-state index is 0.0112. The molecule has 6 nitrogen and oxygen atoms in total. The van der Waals surface area contributed by atoms with Gasteiger partial charge in [0.15, 0.2) is 5.82 Å². The van der Waals surface area contributed by atoms with E-state index in [4.69, 9.17) is 17.4 Å². The highest BCUT2D eigenvalue weighted by atomic mass is 35.5. The summed E-state index contributed by atoms with van der Waals surface area (Å²) in [7, 11) is 1.78. The Morgan fingerprint density at radius 2 is 1.89 bits per heavy atom. The molecule has 1 amide bonds. The highest BCUT2D eigenvalue weighted by molar-refractivity contribution is 7.99. The topological polar surface area (TPSA) is 77.0 Å². The molecule has 2 aromatic carbocycles. The Balaban J connectivity index is 1.62.